The van der Waals surface area contributed by atoms with Crippen molar-refractivity contribution in [3.63, 3.8) is 0 Å². The Balaban J connectivity index is 1.75. The lowest BCUT2D eigenvalue weighted by molar-refractivity contribution is -0.134. The van der Waals surface area contributed by atoms with Crippen LogP contribution >= 0.6 is 0 Å². The molecule has 138 valence electrons. The molecule has 4 aliphatic carbocycles. The van der Waals surface area contributed by atoms with E-state index in [4.69, 9.17) is 6.42 Å². The Morgan fingerprint density at radius 2 is 1.76 bits per heavy atom. The molecule has 0 aliphatic heterocycles. The van der Waals surface area contributed by atoms with Crippen molar-refractivity contribution in [2.45, 2.75) is 76.3 Å². The molecule has 4 unspecified atom stereocenters. The van der Waals surface area contributed by atoms with Gasteiger partial charge in [-0.15, -0.1) is 6.42 Å². The maximum Gasteiger partial charge on any atom is 0.130 e. The van der Waals surface area contributed by atoms with E-state index in [1.807, 2.05) is 6.08 Å². The molecule has 0 spiro atoms. The van der Waals surface area contributed by atoms with Gasteiger partial charge in [0, 0.05) is 5.41 Å². The van der Waals surface area contributed by atoms with Crippen LogP contribution in [0.2, 0.25) is 0 Å². The van der Waals surface area contributed by atoms with Crippen molar-refractivity contribution in [1.29, 1.82) is 0 Å². The molecule has 4 rings (SSSR count). The summed E-state index contributed by atoms with van der Waals surface area (Å²) in [6.45, 7) is 4.27. The first-order valence-corrected chi connectivity index (χ1v) is 9.62. The molecule has 3 fully saturated rings. The highest BCUT2D eigenvalue weighted by Crippen LogP contribution is 2.66. The van der Waals surface area contributed by atoms with Gasteiger partial charge >= 0.3 is 0 Å². The van der Waals surface area contributed by atoms with E-state index in [0.717, 1.165) is 24.8 Å². The maximum atomic E-state index is 11.0. The third-order valence-corrected chi connectivity index (χ3v) is 8.55. The van der Waals surface area contributed by atoms with E-state index in [-0.39, 0.29) is 28.6 Å². The topological polar surface area (TPSA) is 80.9 Å². The van der Waals surface area contributed by atoms with Gasteiger partial charge in [-0.1, -0.05) is 31.4 Å². The summed E-state index contributed by atoms with van der Waals surface area (Å²) in [7, 11) is 0. The first-order chi connectivity index (χ1) is 11.7. The van der Waals surface area contributed by atoms with Crippen molar-refractivity contribution in [2.24, 2.45) is 28.6 Å². The molecular weight excluding hydrogens is 316 g/mol. The third-order valence-electron chi connectivity index (χ3n) is 8.55. The SMILES string of the molecule is C#CC1(O)CC[C@H]2[C@@H]3C(O)C=C4CC(O)C(O)C[C@]4(C)[C@@H]3CC[C@@]21C. The second kappa shape index (κ2) is 5.33. The molecule has 4 nitrogen and oxygen atoms in total. The Morgan fingerprint density at radius 1 is 1.08 bits per heavy atom. The minimum absolute atomic E-state index is 0.0531. The standard InChI is InChI=1S/C21H30O4/c1-4-21(25)8-6-14-18-13(5-7-20(14,21)3)19(2)11-17(24)15(22)9-12(19)10-16(18)23/h1,10,13-18,22-25H,5-9,11H2,2-3H3/t13-,14+,15?,16?,17?,18-,19+,20+,21?/m1/s1. The Morgan fingerprint density at radius 3 is 2.44 bits per heavy atom. The molecule has 4 N–H and O–H groups in total. The highest BCUT2D eigenvalue weighted by molar-refractivity contribution is 5.31. The Labute approximate surface area is 150 Å². The summed E-state index contributed by atoms with van der Waals surface area (Å²) in [5.74, 6) is 3.14. The van der Waals surface area contributed by atoms with Gasteiger partial charge in [0.1, 0.15) is 5.60 Å². The number of rotatable bonds is 0. The van der Waals surface area contributed by atoms with E-state index in [1.165, 1.54) is 0 Å². The van der Waals surface area contributed by atoms with Crippen molar-refractivity contribution in [2.75, 3.05) is 0 Å². The normalized spacial score (nSPS) is 57.7. The molecule has 0 aromatic heterocycles. The summed E-state index contributed by atoms with van der Waals surface area (Å²) in [6.07, 6.45) is 9.73. The van der Waals surface area contributed by atoms with E-state index in [2.05, 4.69) is 19.8 Å². The molecule has 25 heavy (non-hydrogen) atoms. The van der Waals surface area contributed by atoms with E-state index < -0.39 is 23.9 Å². The summed E-state index contributed by atoms with van der Waals surface area (Å²) >= 11 is 0. The number of fused-ring (bicyclic) bond motifs is 5. The first-order valence-electron chi connectivity index (χ1n) is 9.62. The molecule has 0 heterocycles. The largest absolute Gasteiger partial charge is 0.390 e. The monoisotopic (exact) mass is 346 g/mol. The minimum Gasteiger partial charge on any atom is -0.390 e. The van der Waals surface area contributed by atoms with Crippen molar-refractivity contribution in [3.8, 4) is 12.3 Å². The zero-order chi connectivity index (χ0) is 18.2. The van der Waals surface area contributed by atoms with Crippen molar-refractivity contribution in [1.82, 2.24) is 0 Å². The average molecular weight is 346 g/mol. The van der Waals surface area contributed by atoms with Crippen molar-refractivity contribution in [3.05, 3.63) is 11.6 Å². The van der Waals surface area contributed by atoms with Crippen molar-refractivity contribution >= 4 is 0 Å². The summed E-state index contributed by atoms with van der Waals surface area (Å²) in [5, 5.41) is 42.3. The lowest BCUT2D eigenvalue weighted by Gasteiger charge is -2.59. The fraction of sp³-hybridized carbons (Fsp3) is 0.810. The van der Waals surface area contributed by atoms with Gasteiger partial charge in [-0.3, -0.25) is 0 Å². The predicted molar refractivity (Wildman–Crippen MR) is 94.3 cm³/mol. The average Bonchev–Trinajstić information content (AvgIpc) is 2.83. The molecule has 4 heteroatoms. The zero-order valence-electron chi connectivity index (χ0n) is 15.2. The lowest BCUT2D eigenvalue weighted by Crippen LogP contribution is -2.58. The van der Waals surface area contributed by atoms with Gasteiger partial charge in [0.25, 0.3) is 0 Å². The molecule has 3 saturated carbocycles. The second-order valence-corrected chi connectivity index (χ2v) is 9.43. The number of aliphatic hydroxyl groups is 4. The Kier molecular flexibility index (Phi) is 3.74. The number of terminal acetylenes is 1. The summed E-state index contributed by atoms with van der Waals surface area (Å²) in [6, 6.07) is 0. The molecular formula is C21H30O4. The van der Waals surface area contributed by atoms with Crippen LogP contribution in [0.5, 0.6) is 0 Å². The molecule has 0 amide bonds. The van der Waals surface area contributed by atoms with E-state index in [0.29, 0.717) is 19.3 Å². The second-order valence-electron chi connectivity index (χ2n) is 9.43. The quantitative estimate of drug-likeness (QED) is 0.397. The minimum atomic E-state index is -1.09. The smallest absolute Gasteiger partial charge is 0.130 e. The Bertz CT molecular complexity index is 651. The summed E-state index contributed by atoms with van der Waals surface area (Å²) < 4.78 is 0. The van der Waals surface area contributed by atoms with Crippen LogP contribution in [0.15, 0.2) is 11.6 Å². The van der Waals surface area contributed by atoms with Crippen LogP contribution in [-0.4, -0.2) is 44.3 Å². The molecule has 0 aromatic carbocycles. The van der Waals surface area contributed by atoms with Gasteiger partial charge in [-0.2, -0.15) is 0 Å². The number of aliphatic hydroxyl groups excluding tert-OH is 3. The van der Waals surface area contributed by atoms with Crippen LogP contribution in [-0.2, 0) is 0 Å². The zero-order valence-corrected chi connectivity index (χ0v) is 15.2. The van der Waals surface area contributed by atoms with Gasteiger partial charge in [0.05, 0.1) is 18.3 Å². The number of hydrogen-bond donors (Lipinski definition) is 4. The summed E-state index contributed by atoms with van der Waals surface area (Å²) in [5.41, 5.74) is -0.554. The van der Waals surface area contributed by atoms with Gasteiger partial charge in [0.15, 0.2) is 0 Å². The van der Waals surface area contributed by atoms with Crippen LogP contribution in [0.3, 0.4) is 0 Å². The Hall–Kier alpha value is -0.860. The fourth-order valence-electron chi connectivity index (χ4n) is 6.93. The number of hydrogen-bond acceptors (Lipinski definition) is 4. The van der Waals surface area contributed by atoms with Gasteiger partial charge < -0.3 is 20.4 Å². The predicted octanol–water partition coefficient (Wildman–Crippen LogP) is 1.62. The van der Waals surface area contributed by atoms with E-state index in [1.54, 1.807) is 0 Å². The highest BCUT2D eigenvalue weighted by atomic mass is 16.3. The molecule has 0 bridgehead atoms. The highest BCUT2D eigenvalue weighted by Gasteiger charge is 2.65. The molecule has 0 saturated heterocycles. The molecule has 4 aliphatic rings. The van der Waals surface area contributed by atoms with E-state index in [9.17, 15) is 20.4 Å². The molecule has 0 aromatic rings. The van der Waals surface area contributed by atoms with Crippen LogP contribution in [0, 0.1) is 40.9 Å². The third kappa shape index (κ3) is 2.10. The fourth-order valence-corrected chi connectivity index (χ4v) is 6.93. The van der Waals surface area contributed by atoms with Crippen molar-refractivity contribution < 1.29 is 20.4 Å². The summed E-state index contributed by atoms with van der Waals surface area (Å²) in [4.78, 5) is 0. The van der Waals surface area contributed by atoms with Gasteiger partial charge in [0.2, 0.25) is 0 Å². The lowest BCUT2D eigenvalue weighted by atomic mass is 9.46. The van der Waals surface area contributed by atoms with Crippen LogP contribution < -0.4 is 0 Å². The van der Waals surface area contributed by atoms with Crippen LogP contribution in [0.1, 0.15) is 52.4 Å². The maximum absolute atomic E-state index is 11.0. The van der Waals surface area contributed by atoms with E-state index >= 15 is 0 Å². The molecule has 0 radical (unpaired) electrons. The van der Waals surface area contributed by atoms with Gasteiger partial charge in [-0.05, 0) is 61.7 Å². The first kappa shape index (κ1) is 17.5. The molecule has 9 atom stereocenters. The van der Waals surface area contributed by atoms with Gasteiger partial charge in [-0.25, -0.2) is 0 Å². The van der Waals surface area contributed by atoms with Crippen LogP contribution in [0.25, 0.3) is 0 Å². The van der Waals surface area contributed by atoms with Crippen LogP contribution in [0.4, 0.5) is 0 Å².